The lowest BCUT2D eigenvalue weighted by atomic mass is 10.1. The minimum atomic E-state index is -3.34. The van der Waals surface area contributed by atoms with Gasteiger partial charge in [-0.1, -0.05) is 13.8 Å². The summed E-state index contributed by atoms with van der Waals surface area (Å²) in [7, 11) is -3.34. The number of piperidine rings is 1. The molecule has 2 bridgehead atoms. The fourth-order valence-electron chi connectivity index (χ4n) is 3.21. The Morgan fingerprint density at radius 2 is 2.11 bits per heavy atom. The summed E-state index contributed by atoms with van der Waals surface area (Å²) in [6.07, 6.45) is 4.03. The van der Waals surface area contributed by atoms with Crippen molar-refractivity contribution >= 4 is 10.2 Å². The standard InChI is InChI=1S/C12H25N3O2S/c1-9(2)5-11(7-13)14-18(16,17)15-8-10-3-4-12(15)6-10/h9-12,14H,3-8,13H2,1-2H3. The Morgan fingerprint density at radius 3 is 2.56 bits per heavy atom. The first-order valence-electron chi connectivity index (χ1n) is 6.91. The Kier molecular flexibility index (Phi) is 4.31. The molecule has 0 spiro atoms. The van der Waals surface area contributed by atoms with Crippen LogP contribution in [0.5, 0.6) is 0 Å². The summed E-state index contributed by atoms with van der Waals surface area (Å²) < 4.78 is 29.1. The molecule has 1 aliphatic heterocycles. The summed E-state index contributed by atoms with van der Waals surface area (Å²) >= 11 is 0. The Morgan fingerprint density at radius 1 is 1.39 bits per heavy atom. The molecule has 3 N–H and O–H groups in total. The van der Waals surface area contributed by atoms with Crippen molar-refractivity contribution in [2.75, 3.05) is 13.1 Å². The Balaban J connectivity index is 1.98. The first-order chi connectivity index (χ1) is 8.42. The van der Waals surface area contributed by atoms with Crippen LogP contribution in [-0.2, 0) is 10.2 Å². The minimum Gasteiger partial charge on any atom is -0.329 e. The smallest absolute Gasteiger partial charge is 0.280 e. The maximum atomic E-state index is 12.3. The average molecular weight is 275 g/mol. The lowest BCUT2D eigenvalue weighted by Gasteiger charge is -2.29. The van der Waals surface area contributed by atoms with Gasteiger partial charge in [0.25, 0.3) is 10.2 Å². The number of hydrogen-bond donors (Lipinski definition) is 2. The van der Waals surface area contributed by atoms with Gasteiger partial charge in [-0.05, 0) is 37.5 Å². The maximum Gasteiger partial charge on any atom is 0.280 e. The summed E-state index contributed by atoms with van der Waals surface area (Å²) in [5, 5.41) is 0. The van der Waals surface area contributed by atoms with E-state index in [-0.39, 0.29) is 12.1 Å². The molecule has 2 fully saturated rings. The molecule has 2 aliphatic rings. The zero-order valence-electron chi connectivity index (χ0n) is 11.3. The van der Waals surface area contributed by atoms with Crippen molar-refractivity contribution < 1.29 is 8.42 Å². The SMILES string of the molecule is CC(C)CC(CN)NS(=O)(=O)N1CC2CCC1C2. The van der Waals surface area contributed by atoms with Gasteiger partial charge < -0.3 is 5.73 Å². The van der Waals surface area contributed by atoms with Crippen molar-refractivity contribution in [3.05, 3.63) is 0 Å². The normalized spacial score (nSPS) is 30.2. The summed E-state index contributed by atoms with van der Waals surface area (Å²) in [5.41, 5.74) is 5.66. The van der Waals surface area contributed by atoms with E-state index in [1.165, 1.54) is 6.42 Å². The fraction of sp³-hybridized carbons (Fsp3) is 1.00. The van der Waals surface area contributed by atoms with Crippen molar-refractivity contribution in [3.8, 4) is 0 Å². The predicted octanol–water partition coefficient (Wildman–Crippen LogP) is 0.679. The molecule has 106 valence electrons. The van der Waals surface area contributed by atoms with E-state index in [0.29, 0.717) is 24.9 Å². The van der Waals surface area contributed by atoms with E-state index < -0.39 is 10.2 Å². The third kappa shape index (κ3) is 3.04. The van der Waals surface area contributed by atoms with Crippen LogP contribution in [-0.4, -0.2) is 37.9 Å². The summed E-state index contributed by atoms with van der Waals surface area (Å²) in [6, 6.07) is 0.0825. The van der Waals surface area contributed by atoms with Gasteiger partial charge in [0.15, 0.2) is 0 Å². The molecule has 0 aromatic heterocycles. The van der Waals surface area contributed by atoms with Crippen LogP contribution in [0, 0.1) is 11.8 Å². The third-order valence-electron chi connectivity index (χ3n) is 4.02. The lowest BCUT2D eigenvalue weighted by Crippen LogP contribution is -2.50. The van der Waals surface area contributed by atoms with Gasteiger partial charge in [0.1, 0.15) is 0 Å². The zero-order valence-corrected chi connectivity index (χ0v) is 12.1. The monoisotopic (exact) mass is 275 g/mol. The van der Waals surface area contributed by atoms with Gasteiger partial charge in [-0.3, -0.25) is 0 Å². The highest BCUT2D eigenvalue weighted by Gasteiger charge is 2.44. The van der Waals surface area contributed by atoms with Gasteiger partial charge in [-0.2, -0.15) is 17.4 Å². The summed E-state index contributed by atoms with van der Waals surface area (Å²) in [5.74, 6) is 1.02. The molecular weight excluding hydrogens is 250 g/mol. The molecule has 5 nitrogen and oxygen atoms in total. The molecule has 18 heavy (non-hydrogen) atoms. The summed E-state index contributed by atoms with van der Waals surface area (Å²) in [4.78, 5) is 0. The van der Waals surface area contributed by atoms with Crippen molar-refractivity contribution in [2.45, 2.75) is 51.6 Å². The molecule has 0 radical (unpaired) electrons. The molecule has 1 heterocycles. The Labute approximate surface area is 110 Å². The van der Waals surface area contributed by atoms with E-state index >= 15 is 0 Å². The van der Waals surface area contributed by atoms with Gasteiger partial charge in [0.2, 0.25) is 0 Å². The van der Waals surface area contributed by atoms with Gasteiger partial charge in [0, 0.05) is 25.2 Å². The molecule has 0 aromatic rings. The predicted molar refractivity (Wildman–Crippen MR) is 72.2 cm³/mol. The number of hydrogen-bond acceptors (Lipinski definition) is 3. The molecular formula is C12H25N3O2S. The van der Waals surface area contributed by atoms with Crippen LogP contribution in [0.3, 0.4) is 0 Å². The Bertz CT molecular complexity index is 383. The largest absolute Gasteiger partial charge is 0.329 e. The summed E-state index contributed by atoms with van der Waals surface area (Å²) in [6.45, 7) is 5.21. The molecule has 1 saturated carbocycles. The Hall–Kier alpha value is -0.170. The molecule has 3 unspecified atom stereocenters. The highest BCUT2D eigenvalue weighted by atomic mass is 32.2. The third-order valence-corrected chi connectivity index (χ3v) is 5.72. The first-order valence-corrected chi connectivity index (χ1v) is 8.35. The van der Waals surface area contributed by atoms with Gasteiger partial charge in [-0.25, -0.2) is 0 Å². The molecule has 2 rings (SSSR count). The molecule has 6 heteroatoms. The number of nitrogens with two attached hydrogens (primary N) is 1. The van der Waals surface area contributed by atoms with Gasteiger partial charge in [0.05, 0.1) is 0 Å². The minimum absolute atomic E-state index is 0.144. The van der Waals surface area contributed by atoms with Crippen LogP contribution in [0.15, 0.2) is 0 Å². The van der Waals surface area contributed by atoms with Crippen LogP contribution < -0.4 is 10.5 Å². The fourth-order valence-corrected chi connectivity index (χ4v) is 4.95. The van der Waals surface area contributed by atoms with Crippen LogP contribution in [0.4, 0.5) is 0 Å². The van der Waals surface area contributed by atoms with Crippen molar-refractivity contribution in [2.24, 2.45) is 17.6 Å². The number of nitrogens with one attached hydrogen (secondary N) is 1. The number of fused-ring (bicyclic) bond motifs is 2. The van der Waals surface area contributed by atoms with Gasteiger partial charge in [-0.15, -0.1) is 0 Å². The maximum absolute atomic E-state index is 12.3. The van der Waals surface area contributed by atoms with Crippen LogP contribution in [0.25, 0.3) is 0 Å². The van der Waals surface area contributed by atoms with E-state index in [4.69, 9.17) is 5.73 Å². The van der Waals surface area contributed by atoms with Crippen LogP contribution in [0.2, 0.25) is 0 Å². The molecule has 1 saturated heterocycles. The quantitative estimate of drug-likeness (QED) is 0.748. The van der Waals surface area contributed by atoms with E-state index in [9.17, 15) is 8.42 Å². The number of nitrogens with zero attached hydrogens (tertiary/aromatic N) is 1. The van der Waals surface area contributed by atoms with Crippen LogP contribution >= 0.6 is 0 Å². The first kappa shape index (κ1) is 14.2. The van der Waals surface area contributed by atoms with Gasteiger partial charge >= 0.3 is 0 Å². The second kappa shape index (κ2) is 5.45. The molecule has 0 aromatic carbocycles. The zero-order chi connectivity index (χ0) is 13.3. The van der Waals surface area contributed by atoms with Crippen LogP contribution in [0.1, 0.15) is 39.5 Å². The second-order valence-corrected chi connectivity index (χ2v) is 7.74. The highest BCUT2D eigenvalue weighted by Crippen LogP contribution is 2.38. The highest BCUT2D eigenvalue weighted by molar-refractivity contribution is 7.87. The topological polar surface area (TPSA) is 75.4 Å². The molecule has 0 amide bonds. The van der Waals surface area contributed by atoms with E-state index in [0.717, 1.165) is 19.3 Å². The van der Waals surface area contributed by atoms with Crippen molar-refractivity contribution in [1.29, 1.82) is 0 Å². The van der Waals surface area contributed by atoms with E-state index in [2.05, 4.69) is 18.6 Å². The van der Waals surface area contributed by atoms with Crippen molar-refractivity contribution in [3.63, 3.8) is 0 Å². The number of rotatable bonds is 6. The average Bonchev–Trinajstić information content (AvgIpc) is 2.88. The van der Waals surface area contributed by atoms with Crippen molar-refractivity contribution in [1.82, 2.24) is 9.03 Å². The lowest BCUT2D eigenvalue weighted by molar-refractivity contribution is 0.323. The second-order valence-electron chi connectivity index (χ2n) is 6.09. The molecule has 3 atom stereocenters. The molecule has 1 aliphatic carbocycles. The van der Waals surface area contributed by atoms with E-state index in [1.54, 1.807) is 4.31 Å². The van der Waals surface area contributed by atoms with E-state index in [1.807, 2.05) is 0 Å².